The zero-order valence-corrected chi connectivity index (χ0v) is 34.9. The molecule has 0 atom stereocenters. The number of imidazole rings is 1. The van der Waals surface area contributed by atoms with Crippen molar-refractivity contribution in [3.05, 3.63) is 210 Å². The fourth-order valence-electron chi connectivity index (χ4n) is 8.23. The first kappa shape index (κ1) is 37.8. The van der Waals surface area contributed by atoms with Crippen molar-refractivity contribution < 1.29 is 9.30 Å². The smallest absolute Gasteiger partial charge is 0.268 e. The van der Waals surface area contributed by atoms with E-state index in [9.17, 15) is 0 Å². The number of hydrogen-bond acceptors (Lipinski definition) is 2. The molecule has 0 saturated heterocycles. The molecule has 0 N–H and O–H groups in total. The van der Waals surface area contributed by atoms with Crippen LogP contribution >= 0.6 is 0 Å². The Morgan fingerprint density at radius 3 is 1.90 bits per heavy atom. The molecule has 0 fully saturated rings. The summed E-state index contributed by atoms with van der Waals surface area (Å²) >= 11 is 0. The molecule has 9 rings (SSSR count). The van der Waals surface area contributed by atoms with Crippen molar-refractivity contribution >= 4 is 21.8 Å². The van der Waals surface area contributed by atoms with Gasteiger partial charge in [0.15, 0.2) is 0 Å². The number of nitrogens with zero attached hydrogens (tertiary/aromatic N) is 4. The predicted octanol–water partition coefficient (Wildman–Crippen LogP) is 12.8. The summed E-state index contributed by atoms with van der Waals surface area (Å²) in [5, 5.41) is 2.33. The van der Waals surface area contributed by atoms with Gasteiger partial charge in [0.25, 0.3) is 6.33 Å². The maximum Gasteiger partial charge on any atom is 0.268 e. The van der Waals surface area contributed by atoms with Gasteiger partial charge in [0, 0.05) is 46.3 Å². The molecule has 9 aromatic rings. The van der Waals surface area contributed by atoms with Crippen molar-refractivity contribution in [3.8, 4) is 28.7 Å². The van der Waals surface area contributed by atoms with Crippen molar-refractivity contribution in [1.82, 2.24) is 14.1 Å². The summed E-state index contributed by atoms with van der Waals surface area (Å²) in [6, 6.07) is 55.9. The molecule has 3 aromatic heterocycles. The topological polar surface area (TPSA) is 35.9 Å². The largest absolute Gasteiger partial charge is 0.458 e. The van der Waals surface area contributed by atoms with Gasteiger partial charge in [-0.3, -0.25) is 13.7 Å². The molecule has 3 heterocycles. The minimum absolute atomic E-state index is 0.0254. The molecule has 59 heavy (non-hydrogen) atoms. The van der Waals surface area contributed by atoms with E-state index >= 15 is 0 Å². The second-order valence-electron chi connectivity index (χ2n) is 17.7. The summed E-state index contributed by atoms with van der Waals surface area (Å²) in [5.41, 5.74) is 10.1. The average molecular weight is 771 g/mol. The van der Waals surface area contributed by atoms with Crippen LogP contribution in [0.4, 0.5) is 0 Å². The number of rotatable bonds is 9. The summed E-state index contributed by atoms with van der Waals surface area (Å²) in [6.45, 7) is 15.9. The average Bonchev–Trinajstić information content (AvgIpc) is 3.88. The molecule has 0 aliphatic carbocycles. The lowest BCUT2D eigenvalue weighted by Gasteiger charge is -2.26. The predicted molar refractivity (Wildman–Crippen MR) is 241 cm³/mol. The Balaban J connectivity index is 1.07. The lowest BCUT2D eigenvalue weighted by atomic mass is 9.78. The van der Waals surface area contributed by atoms with Crippen LogP contribution in [0.25, 0.3) is 39.0 Å². The van der Waals surface area contributed by atoms with E-state index in [-0.39, 0.29) is 16.2 Å². The summed E-state index contributed by atoms with van der Waals surface area (Å²) in [5.74, 6) is 2.38. The van der Waals surface area contributed by atoms with Crippen LogP contribution in [0.1, 0.15) is 76.3 Å². The van der Waals surface area contributed by atoms with Crippen LogP contribution < -0.4 is 9.30 Å². The van der Waals surface area contributed by atoms with Gasteiger partial charge >= 0.3 is 0 Å². The van der Waals surface area contributed by atoms with Crippen LogP contribution in [0.3, 0.4) is 0 Å². The van der Waals surface area contributed by atoms with Crippen molar-refractivity contribution in [1.29, 1.82) is 0 Å². The van der Waals surface area contributed by atoms with Crippen molar-refractivity contribution in [2.24, 2.45) is 0 Å². The fraction of sp³-hybridized carbons (Fsp3) is 0.185. The standard InChI is InChI=1S/C54H50N4O/c1-52(2,3)40-28-29-55-51(34-40)58-49-27-24-42(54(6,7)39-18-12-9-13-19-39)33-48(49)47-26-25-46(36-50(47)58)59-45-23-15-22-44(35-45)57-31-30-56(37-57)43-21-14-20-41(32-43)53(4,5)38-16-10-8-11-17-38/h8-36H,1-7H3. The maximum absolute atomic E-state index is 6.67. The quantitative estimate of drug-likeness (QED) is 0.108. The minimum atomic E-state index is -0.178. The zero-order chi connectivity index (χ0) is 40.9. The Bertz CT molecular complexity index is 2950. The Morgan fingerprint density at radius 2 is 1.19 bits per heavy atom. The van der Waals surface area contributed by atoms with E-state index in [1.54, 1.807) is 0 Å². The van der Waals surface area contributed by atoms with Crippen LogP contribution in [-0.4, -0.2) is 14.1 Å². The first-order valence-electron chi connectivity index (χ1n) is 20.4. The van der Waals surface area contributed by atoms with Gasteiger partial charge in [-0.15, -0.1) is 0 Å². The van der Waals surface area contributed by atoms with E-state index in [1.807, 2.05) is 39.9 Å². The normalized spacial score (nSPS) is 12.3. The number of ether oxygens (including phenoxy) is 1. The lowest BCUT2D eigenvalue weighted by Crippen LogP contribution is -2.29. The van der Waals surface area contributed by atoms with Crippen molar-refractivity contribution in [2.75, 3.05) is 0 Å². The lowest BCUT2D eigenvalue weighted by molar-refractivity contribution is -0.599. The Morgan fingerprint density at radius 1 is 0.525 bits per heavy atom. The van der Waals surface area contributed by atoms with Gasteiger partial charge in [0.2, 0.25) is 0 Å². The van der Waals surface area contributed by atoms with E-state index in [0.717, 1.165) is 45.1 Å². The third-order valence-corrected chi connectivity index (χ3v) is 12.0. The molecular weight excluding hydrogens is 721 g/mol. The Kier molecular flexibility index (Phi) is 9.35. The molecule has 0 amide bonds. The number of benzene rings is 6. The second-order valence-corrected chi connectivity index (χ2v) is 17.7. The third-order valence-electron chi connectivity index (χ3n) is 12.0. The van der Waals surface area contributed by atoms with Gasteiger partial charge in [-0.2, -0.15) is 0 Å². The molecule has 0 aliphatic rings. The molecular formula is C54H50N4O. The van der Waals surface area contributed by atoms with E-state index in [1.165, 1.54) is 33.2 Å². The highest BCUT2D eigenvalue weighted by molar-refractivity contribution is 6.09. The van der Waals surface area contributed by atoms with E-state index in [0.29, 0.717) is 0 Å². The van der Waals surface area contributed by atoms with E-state index < -0.39 is 0 Å². The van der Waals surface area contributed by atoms with Gasteiger partial charge < -0.3 is 4.74 Å². The van der Waals surface area contributed by atoms with Gasteiger partial charge in [0.05, 0.1) is 22.4 Å². The molecule has 0 saturated carbocycles. The molecule has 5 heteroatoms. The second kappa shape index (κ2) is 14.6. The summed E-state index contributed by atoms with van der Waals surface area (Å²) in [4.78, 5) is 4.94. The van der Waals surface area contributed by atoms with Crippen molar-refractivity contribution in [3.63, 3.8) is 0 Å². The monoisotopic (exact) mass is 770 g/mol. The van der Waals surface area contributed by atoms with Gasteiger partial charge in [0.1, 0.15) is 17.3 Å². The van der Waals surface area contributed by atoms with Crippen LogP contribution in [0.15, 0.2) is 176 Å². The van der Waals surface area contributed by atoms with E-state index in [2.05, 4.69) is 205 Å². The highest BCUT2D eigenvalue weighted by atomic mass is 16.5. The zero-order valence-electron chi connectivity index (χ0n) is 34.9. The van der Waals surface area contributed by atoms with E-state index in [4.69, 9.17) is 9.72 Å². The first-order valence-corrected chi connectivity index (χ1v) is 20.4. The van der Waals surface area contributed by atoms with Crippen molar-refractivity contribution in [2.45, 2.75) is 64.7 Å². The van der Waals surface area contributed by atoms with Gasteiger partial charge in [-0.1, -0.05) is 133 Å². The molecule has 5 nitrogen and oxygen atoms in total. The molecule has 0 bridgehead atoms. The highest BCUT2D eigenvalue weighted by Gasteiger charge is 2.26. The molecule has 0 aliphatic heterocycles. The number of hydrogen-bond donors (Lipinski definition) is 0. The highest BCUT2D eigenvalue weighted by Crippen LogP contribution is 2.40. The molecule has 292 valence electrons. The third kappa shape index (κ3) is 7.12. The van der Waals surface area contributed by atoms with Gasteiger partial charge in [-0.05, 0) is 100.0 Å². The molecule has 0 radical (unpaired) electrons. The number of aromatic nitrogens is 4. The Hall–Kier alpha value is -6.72. The maximum atomic E-state index is 6.67. The Labute approximate surface area is 347 Å². The molecule has 0 unspecified atom stereocenters. The fourth-order valence-corrected chi connectivity index (χ4v) is 8.23. The van der Waals surface area contributed by atoms with Crippen LogP contribution in [0, 0.1) is 6.33 Å². The number of pyridine rings is 1. The first-order chi connectivity index (χ1) is 28.4. The number of fused-ring (bicyclic) bond motifs is 3. The summed E-state index contributed by atoms with van der Waals surface area (Å²) in [7, 11) is 0. The molecule has 6 aromatic carbocycles. The van der Waals surface area contributed by atoms with Gasteiger partial charge in [-0.25, -0.2) is 4.98 Å². The van der Waals surface area contributed by atoms with Crippen LogP contribution in [-0.2, 0) is 16.2 Å². The van der Waals surface area contributed by atoms with Crippen LogP contribution in [0.2, 0.25) is 0 Å². The molecule has 0 spiro atoms. The SMILES string of the molecule is CC(C)(C)c1ccnc(-n2c3ccc(C(C)(C)c4ccccc4)cc3c3ccc(Oc4cccc(-n5[c-][n+](-c6cccc(C(C)(C)c7ccccc7)c6)cc5)c4)cc32)c1. The summed E-state index contributed by atoms with van der Waals surface area (Å²) in [6.07, 6.45) is 9.53. The minimum Gasteiger partial charge on any atom is -0.458 e. The van der Waals surface area contributed by atoms with Crippen LogP contribution in [0.5, 0.6) is 11.5 Å². The summed E-state index contributed by atoms with van der Waals surface area (Å²) < 4.78 is 13.0.